The number of rotatable bonds is 9. The van der Waals surface area contributed by atoms with E-state index in [-0.39, 0.29) is 39.3 Å². The smallest absolute Gasteiger partial charge is 0.406 e. The molecule has 0 aliphatic heterocycles. The second kappa shape index (κ2) is 11.9. The van der Waals surface area contributed by atoms with Gasteiger partial charge in [-0.3, -0.25) is 0 Å². The van der Waals surface area contributed by atoms with Crippen molar-refractivity contribution in [1.82, 2.24) is 29.7 Å². The molecule has 3 amide bonds. The molecule has 0 radical (unpaired) electrons. The molecule has 0 aliphatic carbocycles. The monoisotopic (exact) mass is 432 g/mol. The number of carbonyl (C=O) groups is 3. The van der Waals surface area contributed by atoms with Crippen LogP contribution in [0.15, 0.2) is 14.4 Å². The van der Waals surface area contributed by atoms with Gasteiger partial charge in [0.2, 0.25) is 0 Å². The van der Waals surface area contributed by atoms with Gasteiger partial charge in [-0.25, -0.2) is 42.5 Å². The van der Waals surface area contributed by atoms with Crippen molar-refractivity contribution in [3.8, 4) is 0 Å². The van der Waals surface area contributed by atoms with Gasteiger partial charge in [0.05, 0.1) is 21.3 Å². The number of alkyl carbamates (subject to hydrolysis) is 3. The largest absolute Gasteiger partial charge is 0.453 e. The minimum atomic E-state index is -0.930. The van der Waals surface area contributed by atoms with E-state index in [4.69, 9.17) is 0 Å². The average molecular weight is 432 g/mol. The van der Waals surface area contributed by atoms with Crippen LogP contribution in [-0.2, 0) is 33.8 Å². The van der Waals surface area contributed by atoms with Gasteiger partial charge >= 0.3 is 35.3 Å². The molecule has 15 heteroatoms. The third kappa shape index (κ3) is 6.68. The summed E-state index contributed by atoms with van der Waals surface area (Å²) in [6.07, 6.45) is -2.29. The third-order valence-electron chi connectivity index (χ3n) is 3.76. The maximum Gasteiger partial charge on any atom is 0.406 e. The van der Waals surface area contributed by atoms with E-state index >= 15 is 0 Å². The van der Waals surface area contributed by atoms with Crippen molar-refractivity contribution in [2.45, 2.75) is 19.6 Å². The number of ether oxygens (including phenoxy) is 3. The highest BCUT2D eigenvalue weighted by Gasteiger charge is 2.16. The Bertz CT molecular complexity index is 783. The lowest BCUT2D eigenvalue weighted by molar-refractivity contribution is 0.170. The fourth-order valence-corrected chi connectivity index (χ4v) is 2.28. The molecule has 0 aliphatic rings. The molecule has 0 bridgehead atoms. The van der Waals surface area contributed by atoms with E-state index in [2.05, 4.69) is 30.2 Å². The summed E-state index contributed by atoms with van der Waals surface area (Å²) in [4.78, 5) is 71.3. The lowest BCUT2D eigenvalue weighted by Gasteiger charge is -2.14. The SMILES string of the molecule is COC(=O)NCCn1c(=O)n(CCNC(=O)OC)c(=O)n(CCNC(=O)OC)c1=O. The van der Waals surface area contributed by atoms with E-state index in [1.165, 1.54) is 0 Å². The number of hydrogen-bond donors (Lipinski definition) is 3. The minimum Gasteiger partial charge on any atom is -0.453 e. The van der Waals surface area contributed by atoms with Crippen LogP contribution in [0, 0.1) is 0 Å². The van der Waals surface area contributed by atoms with Gasteiger partial charge in [0.1, 0.15) is 0 Å². The van der Waals surface area contributed by atoms with Gasteiger partial charge in [-0.2, -0.15) is 0 Å². The Hall–Kier alpha value is -3.78. The molecule has 3 N–H and O–H groups in total. The zero-order valence-electron chi connectivity index (χ0n) is 16.8. The number of nitrogens with zero attached hydrogens (tertiary/aromatic N) is 3. The lowest BCUT2D eigenvalue weighted by Crippen LogP contribution is -2.56. The van der Waals surface area contributed by atoms with E-state index in [9.17, 15) is 28.8 Å². The molecule has 0 aromatic carbocycles. The van der Waals surface area contributed by atoms with Crippen LogP contribution in [0.2, 0.25) is 0 Å². The minimum absolute atomic E-state index is 0.124. The molecule has 0 spiro atoms. The standard InChI is InChI=1S/C15H24N6O9/c1-28-10(22)16-4-7-19-13(25)20(8-5-17-11(23)29-2)15(27)21(14(19)26)9-6-18-12(24)30-3/h4-9H2,1-3H3,(H,16,22)(H,17,23)(H,18,24). The summed E-state index contributed by atoms with van der Waals surface area (Å²) in [5, 5.41) is 6.95. The number of nitrogens with one attached hydrogen (secondary N) is 3. The Labute approximate surface area is 169 Å². The Morgan fingerprint density at radius 3 is 1.03 bits per heavy atom. The van der Waals surface area contributed by atoms with Gasteiger partial charge in [0, 0.05) is 39.3 Å². The van der Waals surface area contributed by atoms with E-state index in [0.29, 0.717) is 0 Å². The first-order chi connectivity index (χ1) is 14.3. The van der Waals surface area contributed by atoms with Crippen molar-refractivity contribution in [3.63, 3.8) is 0 Å². The van der Waals surface area contributed by atoms with Crippen LogP contribution in [-0.4, -0.2) is 72.9 Å². The number of amides is 3. The quantitative estimate of drug-likeness (QED) is 0.348. The first-order valence-corrected chi connectivity index (χ1v) is 8.66. The van der Waals surface area contributed by atoms with Crippen LogP contribution in [0.4, 0.5) is 14.4 Å². The third-order valence-corrected chi connectivity index (χ3v) is 3.76. The van der Waals surface area contributed by atoms with Crippen LogP contribution in [0.25, 0.3) is 0 Å². The normalized spacial score (nSPS) is 10.1. The molecule has 1 heterocycles. The number of aromatic nitrogens is 3. The Balaban J connectivity index is 3.20. The van der Waals surface area contributed by atoms with Crippen molar-refractivity contribution < 1.29 is 28.6 Å². The second-order valence-electron chi connectivity index (χ2n) is 5.56. The topological polar surface area (TPSA) is 181 Å². The first kappa shape index (κ1) is 24.3. The molecular weight excluding hydrogens is 408 g/mol. The molecule has 0 fully saturated rings. The highest BCUT2D eigenvalue weighted by Crippen LogP contribution is 1.81. The summed E-state index contributed by atoms with van der Waals surface area (Å²) < 4.78 is 15.5. The second-order valence-corrected chi connectivity index (χ2v) is 5.56. The predicted octanol–water partition coefficient (Wildman–Crippen LogP) is -2.76. The number of methoxy groups -OCH3 is 3. The fraction of sp³-hybridized carbons (Fsp3) is 0.600. The highest BCUT2D eigenvalue weighted by atomic mass is 16.5. The Kier molecular flexibility index (Phi) is 9.64. The van der Waals surface area contributed by atoms with E-state index < -0.39 is 35.3 Å². The van der Waals surface area contributed by atoms with Crippen LogP contribution in [0.3, 0.4) is 0 Å². The molecule has 30 heavy (non-hydrogen) atoms. The van der Waals surface area contributed by atoms with Crippen LogP contribution >= 0.6 is 0 Å². The fourth-order valence-electron chi connectivity index (χ4n) is 2.28. The van der Waals surface area contributed by atoms with Gasteiger partial charge in [0.25, 0.3) is 0 Å². The van der Waals surface area contributed by atoms with Gasteiger partial charge in [0.15, 0.2) is 0 Å². The molecule has 1 aromatic rings. The number of carbonyl (C=O) groups excluding carboxylic acids is 3. The van der Waals surface area contributed by atoms with Crippen molar-refractivity contribution in [2.75, 3.05) is 41.0 Å². The molecular formula is C15H24N6O9. The van der Waals surface area contributed by atoms with Crippen LogP contribution < -0.4 is 33.0 Å². The molecule has 0 saturated heterocycles. The van der Waals surface area contributed by atoms with Crippen molar-refractivity contribution in [1.29, 1.82) is 0 Å². The highest BCUT2D eigenvalue weighted by molar-refractivity contribution is 5.67. The maximum atomic E-state index is 12.6. The lowest BCUT2D eigenvalue weighted by atomic mass is 10.5. The summed E-state index contributed by atoms with van der Waals surface area (Å²) in [6.45, 7) is -1.12. The summed E-state index contributed by atoms with van der Waals surface area (Å²) in [5.74, 6) is 0. The maximum absolute atomic E-state index is 12.6. The van der Waals surface area contributed by atoms with Crippen molar-refractivity contribution in [2.24, 2.45) is 0 Å². The zero-order valence-corrected chi connectivity index (χ0v) is 16.8. The Morgan fingerprint density at radius 2 is 0.833 bits per heavy atom. The first-order valence-electron chi connectivity index (χ1n) is 8.66. The van der Waals surface area contributed by atoms with Gasteiger partial charge in [-0.05, 0) is 0 Å². The number of hydrogen-bond acceptors (Lipinski definition) is 9. The van der Waals surface area contributed by atoms with Crippen molar-refractivity contribution >= 4 is 18.3 Å². The van der Waals surface area contributed by atoms with Gasteiger partial charge < -0.3 is 30.2 Å². The summed E-state index contributed by atoms with van der Waals surface area (Å²) in [5.41, 5.74) is -2.79. The van der Waals surface area contributed by atoms with Gasteiger partial charge in [-0.15, -0.1) is 0 Å². The van der Waals surface area contributed by atoms with Crippen LogP contribution in [0.1, 0.15) is 0 Å². The predicted molar refractivity (Wildman–Crippen MR) is 100 cm³/mol. The summed E-state index contributed by atoms with van der Waals surface area (Å²) in [7, 11) is 3.45. The molecule has 1 aromatic heterocycles. The summed E-state index contributed by atoms with van der Waals surface area (Å²) >= 11 is 0. The summed E-state index contributed by atoms with van der Waals surface area (Å²) in [6, 6.07) is 0. The van der Waals surface area contributed by atoms with Crippen LogP contribution in [0.5, 0.6) is 0 Å². The molecule has 0 saturated carbocycles. The molecule has 0 unspecified atom stereocenters. The van der Waals surface area contributed by atoms with Gasteiger partial charge in [-0.1, -0.05) is 0 Å². The molecule has 0 atom stereocenters. The van der Waals surface area contributed by atoms with Crippen molar-refractivity contribution in [3.05, 3.63) is 31.5 Å². The molecule has 15 nitrogen and oxygen atoms in total. The van der Waals surface area contributed by atoms with E-state index in [1.54, 1.807) is 0 Å². The zero-order chi connectivity index (χ0) is 22.7. The van der Waals surface area contributed by atoms with E-state index in [1.807, 2.05) is 0 Å². The van der Waals surface area contributed by atoms with E-state index in [0.717, 1.165) is 35.0 Å². The molecule has 168 valence electrons. The molecule has 1 rings (SSSR count). The average Bonchev–Trinajstić information content (AvgIpc) is 2.74. The Morgan fingerprint density at radius 1 is 0.600 bits per heavy atom.